The Balaban J connectivity index is 2.26. The third-order valence-electron chi connectivity index (χ3n) is 3.37. The summed E-state index contributed by atoms with van der Waals surface area (Å²) in [4.78, 5) is 35.8. The topological polar surface area (TPSA) is 119 Å². The standard InChI is InChI=1S/C13H23N3O5/c1-9(11(18)16-7-3-2-4-8-16)15-13(21)14-6-5-10(17)12(19)20/h9-10,17H,2-8H2,1H3,(H,19,20)(H2,14,15,21). The van der Waals surface area contributed by atoms with Crippen LogP contribution >= 0.6 is 0 Å². The van der Waals surface area contributed by atoms with Gasteiger partial charge in [0.25, 0.3) is 0 Å². The van der Waals surface area contributed by atoms with Crippen molar-refractivity contribution in [3.8, 4) is 0 Å². The predicted octanol–water partition coefficient (Wildman–Crippen LogP) is -0.478. The number of aliphatic hydroxyl groups is 1. The van der Waals surface area contributed by atoms with Crippen LogP contribution in [0.3, 0.4) is 0 Å². The van der Waals surface area contributed by atoms with E-state index in [-0.39, 0.29) is 18.9 Å². The molecule has 1 fully saturated rings. The number of likely N-dealkylation sites (tertiary alicyclic amines) is 1. The molecule has 1 aliphatic rings. The Morgan fingerprint density at radius 3 is 2.38 bits per heavy atom. The number of hydrogen-bond acceptors (Lipinski definition) is 4. The average Bonchev–Trinajstić information content (AvgIpc) is 2.46. The van der Waals surface area contributed by atoms with Gasteiger partial charge in [-0.1, -0.05) is 0 Å². The summed E-state index contributed by atoms with van der Waals surface area (Å²) in [5, 5.41) is 22.5. The molecule has 120 valence electrons. The monoisotopic (exact) mass is 301 g/mol. The van der Waals surface area contributed by atoms with Gasteiger partial charge in [-0.3, -0.25) is 4.79 Å². The Morgan fingerprint density at radius 1 is 1.19 bits per heavy atom. The second-order valence-corrected chi connectivity index (χ2v) is 5.15. The summed E-state index contributed by atoms with van der Waals surface area (Å²) in [5.74, 6) is -1.44. The number of rotatable bonds is 6. The van der Waals surface area contributed by atoms with Crippen molar-refractivity contribution in [1.82, 2.24) is 15.5 Å². The predicted molar refractivity (Wildman–Crippen MR) is 74.7 cm³/mol. The number of amides is 3. The summed E-state index contributed by atoms with van der Waals surface area (Å²) >= 11 is 0. The van der Waals surface area contributed by atoms with E-state index < -0.39 is 24.1 Å². The van der Waals surface area contributed by atoms with Crippen LogP contribution in [0.2, 0.25) is 0 Å². The Kier molecular flexibility index (Phi) is 6.93. The molecule has 8 nitrogen and oxygen atoms in total. The molecule has 0 saturated carbocycles. The Hall–Kier alpha value is -1.83. The number of carbonyl (C=O) groups is 3. The third-order valence-corrected chi connectivity index (χ3v) is 3.37. The van der Waals surface area contributed by atoms with Crippen LogP contribution in [0.15, 0.2) is 0 Å². The number of piperidine rings is 1. The summed E-state index contributed by atoms with van der Waals surface area (Å²) in [6.07, 6.45) is 1.50. The van der Waals surface area contributed by atoms with E-state index in [9.17, 15) is 14.4 Å². The van der Waals surface area contributed by atoms with E-state index in [0.717, 1.165) is 32.4 Å². The van der Waals surface area contributed by atoms with E-state index in [0.29, 0.717) is 0 Å². The summed E-state index contributed by atoms with van der Waals surface area (Å²) in [5.41, 5.74) is 0. The molecule has 0 radical (unpaired) electrons. The van der Waals surface area contributed by atoms with Crippen LogP contribution in [0.4, 0.5) is 4.79 Å². The molecule has 1 aliphatic heterocycles. The quantitative estimate of drug-likeness (QED) is 0.528. The van der Waals surface area contributed by atoms with E-state index in [1.165, 1.54) is 0 Å². The van der Waals surface area contributed by atoms with Crippen molar-refractivity contribution in [2.45, 2.75) is 44.8 Å². The normalized spacial score (nSPS) is 17.7. The fraction of sp³-hybridized carbons (Fsp3) is 0.769. The van der Waals surface area contributed by atoms with Gasteiger partial charge in [0, 0.05) is 26.1 Å². The lowest BCUT2D eigenvalue weighted by molar-refractivity contribution is -0.146. The van der Waals surface area contributed by atoms with Crippen LogP contribution in [0.25, 0.3) is 0 Å². The van der Waals surface area contributed by atoms with Crippen LogP contribution in [0, 0.1) is 0 Å². The van der Waals surface area contributed by atoms with Gasteiger partial charge in [0.15, 0.2) is 6.10 Å². The average molecular weight is 301 g/mol. The van der Waals surface area contributed by atoms with Crippen LogP contribution in [-0.2, 0) is 9.59 Å². The summed E-state index contributed by atoms with van der Waals surface area (Å²) < 4.78 is 0. The molecule has 0 aromatic rings. The maximum atomic E-state index is 12.1. The molecule has 8 heteroatoms. The summed E-state index contributed by atoms with van der Waals surface area (Å²) in [6.45, 7) is 3.07. The van der Waals surface area contributed by atoms with Crippen LogP contribution < -0.4 is 10.6 Å². The van der Waals surface area contributed by atoms with Gasteiger partial charge in [0.05, 0.1) is 0 Å². The third kappa shape index (κ3) is 5.99. The number of aliphatic carboxylic acids is 1. The number of nitrogens with zero attached hydrogens (tertiary/aromatic N) is 1. The molecule has 0 aliphatic carbocycles. The molecule has 4 N–H and O–H groups in total. The number of nitrogens with one attached hydrogen (secondary N) is 2. The molecular weight excluding hydrogens is 278 g/mol. The molecule has 3 amide bonds. The number of carboxylic acid groups (broad SMARTS) is 1. The van der Waals surface area contributed by atoms with E-state index in [1.54, 1.807) is 11.8 Å². The Morgan fingerprint density at radius 2 is 1.81 bits per heavy atom. The van der Waals surface area contributed by atoms with Crippen LogP contribution in [-0.4, -0.2) is 64.8 Å². The Labute approximate surface area is 123 Å². The lowest BCUT2D eigenvalue weighted by Gasteiger charge is -2.29. The van der Waals surface area contributed by atoms with E-state index in [1.807, 2.05) is 0 Å². The van der Waals surface area contributed by atoms with E-state index in [4.69, 9.17) is 10.2 Å². The highest BCUT2D eigenvalue weighted by atomic mass is 16.4. The first kappa shape index (κ1) is 17.2. The molecule has 2 unspecified atom stereocenters. The van der Waals surface area contributed by atoms with Crippen molar-refractivity contribution >= 4 is 17.9 Å². The molecule has 0 aromatic carbocycles. The van der Waals surface area contributed by atoms with Crippen LogP contribution in [0.5, 0.6) is 0 Å². The summed E-state index contributed by atoms with van der Waals surface area (Å²) in [6, 6.07) is -1.18. The van der Waals surface area contributed by atoms with Crippen molar-refractivity contribution in [1.29, 1.82) is 0 Å². The molecule has 0 aromatic heterocycles. The van der Waals surface area contributed by atoms with E-state index in [2.05, 4.69) is 10.6 Å². The van der Waals surface area contributed by atoms with Gasteiger partial charge in [-0.25, -0.2) is 9.59 Å². The highest BCUT2D eigenvalue weighted by molar-refractivity contribution is 5.86. The number of carboxylic acids is 1. The first-order chi connectivity index (χ1) is 9.91. The van der Waals surface area contributed by atoms with Crippen molar-refractivity contribution in [3.63, 3.8) is 0 Å². The maximum Gasteiger partial charge on any atom is 0.332 e. The minimum atomic E-state index is -1.50. The zero-order valence-corrected chi connectivity index (χ0v) is 12.2. The molecular formula is C13H23N3O5. The molecule has 1 heterocycles. The number of aliphatic hydroxyl groups excluding tert-OH is 1. The minimum Gasteiger partial charge on any atom is -0.479 e. The smallest absolute Gasteiger partial charge is 0.332 e. The van der Waals surface area contributed by atoms with Gasteiger partial charge in [0.1, 0.15) is 6.04 Å². The fourth-order valence-electron chi connectivity index (χ4n) is 2.14. The van der Waals surface area contributed by atoms with Gasteiger partial charge >= 0.3 is 12.0 Å². The Bertz CT molecular complexity index is 382. The number of urea groups is 1. The second kappa shape index (κ2) is 8.46. The lowest BCUT2D eigenvalue weighted by Crippen LogP contribution is -2.51. The molecule has 2 atom stereocenters. The summed E-state index contributed by atoms with van der Waals surface area (Å²) in [7, 11) is 0. The highest BCUT2D eigenvalue weighted by Gasteiger charge is 2.23. The molecule has 0 bridgehead atoms. The molecule has 21 heavy (non-hydrogen) atoms. The van der Waals surface area contributed by atoms with Gasteiger partial charge in [-0.15, -0.1) is 0 Å². The van der Waals surface area contributed by atoms with Crippen molar-refractivity contribution in [3.05, 3.63) is 0 Å². The molecule has 1 rings (SSSR count). The fourth-order valence-corrected chi connectivity index (χ4v) is 2.14. The minimum absolute atomic E-state index is 0.0178. The zero-order valence-electron chi connectivity index (χ0n) is 12.2. The number of carbonyl (C=O) groups excluding carboxylic acids is 2. The van der Waals surface area contributed by atoms with Gasteiger partial charge in [0.2, 0.25) is 5.91 Å². The van der Waals surface area contributed by atoms with Crippen molar-refractivity contribution < 1.29 is 24.6 Å². The highest BCUT2D eigenvalue weighted by Crippen LogP contribution is 2.09. The first-order valence-electron chi connectivity index (χ1n) is 7.16. The molecule has 0 spiro atoms. The van der Waals surface area contributed by atoms with Gasteiger partial charge in [-0.05, 0) is 26.2 Å². The van der Waals surface area contributed by atoms with Gasteiger partial charge < -0.3 is 25.7 Å². The zero-order chi connectivity index (χ0) is 15.8. The van der Waals surface area contributed by atoms with E-state index >= 15 is 0 Å². The van der Waals surface area contributed by atoms with Gasteiger partial charge in [-0.2, -0.15) is 0 Å². The lowest BCUT2D eigenvalue weighted by atomic mass is 10.1. The first-order valence-corrected chi connectivity index (χ1v) is 7.16. The molecule has 1 saturated heterocycles. The van der Waals surface area contributed by atoms with Crippen molar-refractivity contribution in [2.24, 2.45) is 0 Å². The van der Waals surface area contributed by atoms with Crippen LogP contribution in [0.1, 0.15) is 32.6 Å². The largest absolute Gasteiger partial charge is 0.479 e. The van der Waals surface area contributed by atoms with Crippen molar-refractivity contribution in [2.75, 3.05) is 19.6 Å². The number of hydrogen-bond donors (Lipinski definition) is 4. The maximum absolute atomic E-state index is 12.1. The second-order valence-electron chi connectivity index (χ2n) is 5.15. The SMILES string of the molecule is CC(NC(=O)NCCC(O)C(=O)O)C(=O)N1CCCCC1.